The van der Waals surface area contributed by atoms with Crippen molar-refractivity contribution in [1.29, 1.82) is 0 Å². The molecule has 0 aliphatic heterocycles. The highest BCUT2D eigenvalue weighted by atomic mass is 19.3. The molecular formula is C25H30F3N7O2. The molecule has 2 rings (SSSR count). The fourth-order valence-corrected chi connectivity index (χ4v) is 3.08. The Labute approximate surface area is 213 Å². The SMILES string of the molecule is C=C/C(=C\C=C(/C)OCc1c(C(=NC(=C)c2ccnc(CN(C)/C=N\N)c2)OC)cnn1CF)C(F)F. The number of methoxy groups -OCH3 is 1. The van der Waals surface area contributed by atoms with Crippen molar-refractivity contribution in [3.8, 4) is 0 Å². The summed E-state index contributed by atoms with van der Waals surface area (Å²) >= 11 is 0. The predicted octanol–water partition coefficient (Wildman–Crippen LogP) is 4.40. The number of nitrogens with zero attached hydrogens (tertiary/aromatic N) is 6. The van der Waals surface area contributed by atoms with Gasteiger partial charge in [0.2, 0.25) is 5.90 Å². The fraction of sp³-hybridized carbons (Fsp3) is 0.280. The number of aliphatic imine (C=N–C) groups is 1. The maximum absolute atomic E-state index is 13.6. The molecule has 37 heavy (non-hydrogen) atoms. The lowest BCUT2D eigenvalue weighted by Gasteiger charge is -2.13. The summed E-state index contributed by atoms with van der Waals surface area (Å²) < 4.78 is 51.5. The summed E-state index contributed by atoms with van der Waals surface area (Å²) in [6.07, 6.45) is 5.49. The van der Waals surface area contributed by atoms with Gasteiger partial charge in [-0.1, -0.05) is 25.3 Å². The molecule has 0 aliphatic rings. The van der Waals surface area contributed by atoms with Crippen molar-refractivity contribution in [3.63, 3.8) is 0 Å². The van der Waals surface area contributed by atoms with Crippen LogP contribution in [0.2, 0.25) is 0 Å². The predicted molar refractivity (Wildman–Crippen MR) is 137 cm³/mol. The smallest absolute Gasteiger partial charge is 0.263 e. The van der Waals surface area contributed by atoms with Gasteiger partial charge in [0.05, 0.1) is 48.3 Å². The molecule has 2 N–H and O–H groups in total. The molecule has 0 radical (unpaired) electrons. The van der Waals surface area contributed by atoms with Gasteiger partial charge in [-0.3, -0.25) is 4.98 Å². The third kappa shape index (κ3) is 8.37. The maximum atomic E-state index is 13.6. The van der Waals surface area contributed by atoms with Crippen molar-refractivity contribution in [1.82, 2.24) is 19.7 Å². The van der Waals surface area contributed by atoms with Crippen LogP contribution in [0, 0.1) is 0 Å². The minimum Gasteiger partial charge on any atom is -0.492 e. The van der Waals surface area contributed by atoms with Crippen LogP contribution >= 0.6 is 0 Å². The summed E-state index contributed by atoms with van der Waals surface area (Å²) in [5.41, 5.74) is 2.28. The van der Waals surface area contributed by atoms with Gasteiger partial charge in [0.25, 0.3) is 6.43 Å². The Morgan fingerprint density at radius 2 is 2.11 bits per heavy atom. The molecule has 0 saturated heterocycles. The van der Waals surface area contributed by atoms with Crippen molar-refractivity contribution in [2.24, 2.45) is 15.9 Å². The number of hydrazone groups is 1. The summed E-state index contributed by atoms with van der Waals surface area (Å²) in [6, 6.07) is 3.56. The van der Waals surface area contributed by atoms with E-state index in [9.17, 15) is 13.2 Å². The van der Waals surface area contributed by atoms with E-state index in [0.29, 0.717) is 34.8 Å². The number of ether oxygens (including phenoxy) is 2. The van der Waals surface area contributed by atoms with E-state index in [1.807, 2.05) is 6.07 Å². The summed E-state index contributed by atoms with van der Waals surface area (Å²) in [5, 5.41) is 7.50. The average molecular weight is 518 g/mol. The molecule has 0 atom stereocenters. The molecule has 0 bridgehead atoms. The first kappa shape index (κ1) is 28.9. The molecule has 2 heterocycles. The quantitative estimate of drug-likeness (QED) is 0.106. The second-order valence-corrected chi connectivity index (χ2v) is 7.64. The van der Waals surface area contributed by atoms with Crippen molar-refractivity contribution in [2.75, 3.05) is 14.2 Å². The molecular weight excluding hydrogens is 487 g/mol. The van der Waals surface area contributed by atoms with Gasteiger partial charge in [-0.25, -0.2) is 22.8 Å². The van der Waals surface area contributed by atoms with E-state index < -0.39 is 13.2 Å². The largest absolute Gasteiger partial charge is 0.492 e. The van der Waals surface area contributed by atoms with Crippen LogP contribution in [0.4, 0.5) is 13.2 Å². The number of allylic oxidation sites excluding steroid dienone is 5. The number of nitrogens with two attached hydrogens (primary N) is 1. The molecule has 9 nitrogen and oxygen atoms in total. The standard InChI is InChI=1S/C25H30F3N7O2/c1-6-19(24(27)28)8-7-17(2)37-14-23-22(12-32-35(23)15-26)25(36-5)33-18(3)20-9-10-30-21(11-20)13-34(4)16-31-29/h6-12,16,24H,1,3,13-15,29H2,2,4-5H3/b17-7+,19-8+,31-16-,33-25?. The number of hydrogen-bond acceptors (Lipinski definition) is 7. The van der Waals surface area contributed by atoms with E-state index in [1.165, 1.54) is 31.8 Å². The van der Waals surface area contributed by atoms with Crippen molar-refractivity contribution < 1.29 is 22.6 Å². The van der Waals surface area contributed by atoms with Gasteiger partial charge in [-0.2, -0.15) is 10.2 Å². The van der Waals surface area contributed by atoms with Gasteiger partial charge in [0, 0.05) is 24.4 Å². The van der Waals surface area contributed by atoms with Gasteiger partial charge in [0.1, 0.15) is 12.9 Å². The zero-order chi connectivity index (χ0) is 27.4. The van der Waals surface area contributed by atoms with Crippen LogP contribution in [0.5, 0.6) is 0 Å². The van der Waals surface area contributed by atoms with Gasteiger partial charge in [-0.05, 0) is 25.1 Å². The highest BCUT2D eigenvalue weighted by Gasteiger charge is 2.18. The summed E-state index contributed by atoms with van der Waals surface area (Å²) in [6.45, 7) is 8.39. The third-order valence-electron chi connectivity index (χ3n) is 4.98. The van der Waals surface area contributed by atoms with Crippen molar-refractivity contribution >= 4 is 17.9 Å². The van der Waals surface area contributed by atoms with E-state index in [4.69, 9.17) is 15.3 Å². The van der Waals surface area contributed by atoms with Crippen LogP contribution in [0.25, 0.3) is 5.70 Å². The van der Waals surface area contributed by atoms with E-state index in [1.54, 1.807) is 31.1 Å². The average Bonchev–Trinajstić information content (AvgIpc) is 3.29. The number of pyridine rings is 1. The molecule has 0 saturated carbocycles. The first-order valence-electron chi connectivity index (χ1n) is 11.0. The van der Waals surface area contributed by atoms with Gasteiger partial charge < -0.3 is 20.2 Å². The molecule has 0 amide bonds. The van der Waals surface area contributed by atoms with Crippen LogP contribution < -0.4 is 5.84 Å². The van der Waals surface area contributed by atoms with Crippen LogP contribution in [0.15, 0.2) is 77.3 Å². The Balaban J connectivity index is 2.29. The molecule has 198 valence electrons. The van der Waals surface area contributed by atoms with E-state index in [0.717, 1.165) is 16.5 Å². The van der Waals surface area contributed by atoms with Gasteiger partial charge in [-0.15, -0.1) is 0 Å². The lowest BCUT2D eigenvalue weighted by molar-refractivity contribution is 0.185. The fourth-order valence-electron chi connectivity index (χ4n) is 3.08. The Kier molecular flexibility index (Phi) is 11.1. The highest BCUT2D eigenvalue weighted by molar-refractivity contribution is 5.98. The molecule has 0 unspecified atom stereocenters. The lowest BCUT2D eigenvalue weighted by Crippen LogP contribution is -2.17. The first-order chi connectivity index (χ1) is 17.7. The van der Waals surface area contributed by atoms with Gasteiger partial charge in [0.15, 0.2) is 6.80 Å². The minimum atomic E-state index is -2.66. The summed E-state index contributed by atoms with van der Waals surface area (Å²) in [5.74, 6) is 5.64. The molecule has 0 aliphatic carbocycles. The zero-order valence-electron chi connectivity index (χ0n) is 20.9. The molecule has 0 spiro atoms. The van der Waals surface area contributed by atoms with E-state index in [-0.39, 0.29) is 18.1 Å². The first-order valence-corrected chi connectivity index (χ1v) is 11.0. The highest BCUT2D eigenvalue weighted by Crippen LogP contribution is 2.20. The summed E-state index contributed by atoms with van der Waals surface area (Å²) in [4.78, 5) is 10.6. The van der Waals surface area contributed by atoms with Crippen LogP contribution in [0.3, 0.4) is 0 Å². The molecule has 0 fully saturated rings. The van der Waals surface area contributed by atoms with E-state index >= 15 is 0 Å². The summed E-state index contributed by atoms with van der Waals surface area (Å²) in [7, 11) is 3.22. The molecule has 0 aromatic carbocycles. The number of alkyl halides is 3. The van der Waals surface area contributed by atoms with Crippen LogP contribution in [-0.2, 0) is 29.4 Å². The maximum Gasteiger partial charge on any atom is 0.263 e. The molecule has 12 heteroatoms. The zero-order valence-corrected chi connectivity index (χ0v) is 20.9. The van der Waals surface area contributed by atoms with Crippen molar-refractivity contribution in [3.05, 3.63) is 89.8 Å². The number of rotatable bonds is 13. The Morgan fingerprint density at radius 1 is 1.35 bits per heavy atom. The molecule has 2 aromatic rings. The lowest BCUT2D eigenvalue weighted by atomic mass is 10.1. The number of aromatic nitrogens is 3. The van der Waals surface area contributed by atoms with Crippen LogP contribution in [0.1, 0.15) is 29.4 Å². The Bertz CT molecular complexity index is 1200. The third-order valence-corrected chi connectivity index (χ3v) is 4.98. The Morgan fingerprint density at radius 3 is 2.73 bits per heavy atom. The minimum absolute atomic E-state index is 0.114. The number of hydrogen-bond donors (Lipinski definition) is 1. The second-order valence-electron chi connectivity index (χ2n) is 7.64. The van der Waals surface area contributed by atoms with Crippen LogP contribution in [-0.4, -0.2) is 52.5 Å². The topological polar surface area (TPSA) is 103 Å². The number of halogens is 3. The van der Waals surface area contributed by atoms with Gasteiger partial charge >= 0.3 is 0 Å². The second kappa shape index (κ2) is 14.3. The Hall–Kier alpha value is -4.35. The molecule has 2 aromatic heterocycles. The monoisotopic (exact) mass is 517 g/mol. The van der Waals surface area contributed by atoms with E-state index in [2.05, 4.69) is 33.3 Å². The van der Waals surface area contributed by atoms with Crippen molar-refractivity contribution in [2.45, 2.75) is 33.3 Å². The normalized spacial score (nSPS) is 12.8.